The molecule has 0 saturated heterocycles. The van der Waals surface area contributed by atoms with Gasteiger partial charge in [0.05, 0.1) is 10.8 Å². The maximum absolute atomic E-state index is 12.1. The Morgan fingerprint density at radius 3 is 2.75 bits per heavy atom. The van der Waals surface area contributed by atoms with Crippen molar-refractivity contribution in [3.05, 3.63) is 50.3 Å². The highest BCUT2D eigenvalue weighted by Crippen LogP contribution is 2.23. The second-order valence-electron chi connectivity index (χ2n) is 4.28. The van der Waals surface area contributed by atoms with E-state index in [1.807, 2.05) is 17.5 Å². The number of carbonyl (C=O) groups is 1. The first-order valence-corrected chi connectivity index (χ1v) is 6.83. The summed E-state index contributed by atoms with van der Waals surface area (Å²) in [4.78, 5) is 27.3. The molecule has 2 heterocycles. The molecular weight excluding hydrogens is 278 g/mol. The fourth-order valence-electron chi connectivity index (χ4n) is 1.72. The Bertz CT molecular complexity index is 640. The first-order valence-electron chi connectivity index (χ1n) is 5.95. The molecule has 0 aliphatic carbocycles. The van der Waals surface area contributed by atoms with Crippen molar-refractivity contribution >= 4 is 28.7 Å². The van der Waals surface area contributed by atoms with Crippen molar-refractivity contribution in [3.8, 4) is 0 Å². The van der Waals surface area contributed by atoms with E-state index in [0.29, 0.717) is 5.82 Å². The van der Waals surface area contributed by atoms with E-state index in [2.05, 4.69) is 10.3 Å². The maximum atomic E-state index is 12.1. The molecule has 20 heavy (non-hydrogen) atoms. The van der Waals surface area contributed by atoms with Crippen molar-refractivity contribution in [1.82, 2.24) is 4.98 Å². The van der Waals surface area contributed by atoms with Gasteiger partial charge in [0.2, 0.25) is 5.91 Å². The van der Waals surface area contributed by atoms with E-state index in [-0.39, 0.29) is 23.2 Å². The average molecular weight is 291 g/mol. The van der Waals surface area contributed by atoms with Crippen molar-refractivity contribution in [2.24, 2.45) is 0 Å². The monoisotopic (exact) mass is 291 g/mol. The Hall–Kier alpha value is -2.28. The molecular formula is C13H13N3O3S. The Morgan fingerprint density at radius 1 is 1.45 bits per heavy atom. The summed E-state index contributed by atoms with van der Waals surface area (Å²) in [5, 5.41) is 15.3. The summed E-state index contributed by atoms with van der Waals surface area (Å²) >= 11 is 1.51. The van der Waals surface area contributed by atoms with Gasteiger partial charge in [-0.2, -0.15) is 0 Å². The SMILES string of the molecule is Cc1nc(NC(=O)[C@@H](C)c2cccs2)ccc1[N+](=O)[O-]. The number of thiophene rings is 1. The van der Waals surface area contributed by atoms with Gasteiger partial charge in [0, 0.05) is 10.9 Å². The van der Waals surface area contributed by atoms with E-state index in [1.54, 1.807) is 6.92 Å². The van der Waals surface area contributed by atoms with Gasteiger partial charge in [-0.05, 0) is 31.4 Å². The highest BCUT2D eigenvalue weighted by atomic mass is 32.1. The molecule has 0 radical (unpaired) electrons. The van der Waals surface area contributed by atoms with E-state index in [9.17, 15) is 14.9 Å². The number of rotatable bonds is 4. The lowest BCUT2D eigenvalue weighted by Crippen LogP contribution is -2.19. The van der Waals surface area contributed by atoms with Gasteiger partial charge >= 0.3 is 0 Å². The summed E-state index contributed by atoms with van der Waals surface area (Å²) < 4.78 is 0. The molecule has 0 saturated carbocycles. The Kier molecular flexibility index (Phi) is 4.09. The second kappa shape index (κ2) is 5.79. The molecule has 1 N–H and O–H groups in total. The van der Waals surface area contributed by atoms with Crippen LogP contribution >= 0.6 is 11.3 Å². The molecule has 0 spiro atoms. The van der Waals surface area contributed by atoms with Gasteiger partial charge in [0.25, 0.3) is 5.69 Å². The van der Waals surface area contributed by atoms with Gasteiger partial charge in [-0.1, -0.05) is 6.07 Å². The smallest absolute Gasteiger partial charge is 0.290 e. The number of pyridine rings is 1. The molecule has 0 unspecified atom stereocenters. The van der Waals surface area contributed by atoms with Crippen molar-refractivity contribution in [2.75, 3.05) is 5.32 Å². The van der Waals surface area contributed by atoms with Gasteiger partial charge in [0.15, 0.2) is 0 Å². The summed E-state index contributed by atoms with van der Waals surface area (Å²) in [7, 11) is 0. The van der Waals surface area contributed by atoms with Crippen LogP contribution in [0.4, 0.5) is 11.5 Å². The van der Waals surface area contributed by atoms with E-state index in [1.165, 1.54) is 30.4 Å². The largest absolute Gasteiger partial charge is 0.310 e. The van der Waals surface area contributed by atoms with Crippen LogP contribution < -0.4 is 5.32 Å². The number of aromatic nitrogens is 1. The number of hydrogen-bond acceptors (Lipinski definition) is 5. The topological polar surface area (TPSA) is 85.1 Å². The first-order chi connectivity index (χ1) is 9.49. The zero-order valence-electron chi connectivity index (χ0n) is 11.0. The Labute approximate surface area is 119 Å². The summed E-state index contributed by atoms with van der Waals surface area (Å²) in [5.41, 5.74) is 0.214. The molecule has 0 aromatic carbocycles. The van der Waals surface area contributed by atoms with E-state index >= 15 is 0 Å². The third-order valence-corrected chi connectivity index (χ3v) is 3.92. The number of nitrogens with one attached hydrogen (secondary N) is 1. The molecule has 2 aromatic heterocycles. The zero-order chi connectivity index (χ0) is 14.7. The van der Waals surface area contributed by atoms with Gasteiger partial charge in [-0.3, -0.25) is 14.9 Å². The van der Waals surface area contributed by atoms with Crippen LogP contribution in [-0.2, 0) is 4.79 Å². The standard InChI is InChI=1S/C13H13N3O3S/c1-8(11-4-3-7-20-11)13(17)15-12-6-5-10(16(18)19)9(2)14-12/h3-8H,1-2H3,(H,14,15,17)/t8-/m0/s1. The number of carbonyl (C=O) groups excluding carboxylic acids is 1. The molecule has 6 nitrogen and oxygen atoms in total. The van der Waals surface area contributed by atoms with Crippen LogP contribution in [-0.4, -0.2) is 15.8 Å². The number of anilines is 1. The lowest BCUT2D eigenvalue weighted by atomic mass is 10.1. The Morgan fingerprint density at radius 2 is 2.20 bits per heavy atom. The van der Waals surface area contributed by atoms with Crippen LogP contribution in [0.3, 0.4) is 0 Å². The lowest BCUT2D eigenvalue weighted by Gasteiger charge is -2.10. The number of hydrogen-bond donors (Lipinski definition) is 1. The fraction of sp³-hybridized carbons (Fsp3) is 0.231. The number of nitrogens with zero attached hydrogens (tertiary/aromatic N) is 2. The molecule has 1 atom stereocenters. The van der Waals surface area contributed by atoms with Crippen LogP contribution in [0.15, 0.2) is 29.6 Å². The molecule has 0 aliphatic heterocycles. The van der Waals surface area contributed by atoms with Gasteiger partial charge < -0.3 is 5.32 Å². The summed E-state index contributed by atoms with van der Waals surface area (Å²) in [6.45, 7) is 3.34. The van der Waals surface area contributed by atoms with Crippen LogP contribution in [0.1, 0.15) is 23.4 Å². The molecule has 0 aliphatic rings. The van der Waals surface area contributed by atoms with Gasteiger partial charge in [-0.15, -0.1) is 11.3 Å². The van der Waals surface area contributed by atoms with Gasteiger partial charge in [0.1, 0.15) is 11.5 Å². The average Bonchev–Trinajstić information content (AvgIpc) is 2.91. The Balaban J connectivity index is 2.12. The molecule has 2 rings (SSSR count). The van der Waals surface area contributed by atoms with E-state index < -0.39 is 4.92 Å². The quantitative estimate of drug-likeness (QED) is 0.692. The zero-order valence-corrected chi connectivity index (χ0v) is 11.8. The van der Waals surface area contributed by atoms with Crippen molar-refractivity contribution < 1.29 is 9.72 Å². The third-order valence-electron chi connectivity index (χ3n) is 2.87. The van der Waals surface area contributed by atoms with E-state index in [0.717, 1.165) is 4.88 Å². The van der Waals surface area contributed by atoms with Crippen LogP contribution in [0.2, 0.25) is 0 Å². The van der Waals surface area contributed by atoms with Crippen molar-refractivity contribution in [1.29, 1.82) is 0 Å². The van der Waals surface area contributed by atoms with Crippen LogP contribution in [0.25, 0.3) is 0 Å². The minimum Gasteiger partial charge on any atom is -0.310 e. The highest BCUT2D eigenvalue weighted by Gasteiger charge is 2.18. The van der Waals surface area contributed by atoms with Crippen molar-refractivity contribution in [2.45, 2.75) is 19.8 Å². The number of amides is 1. The summed E-state index contributed by atoms with van der Waals surface area (Å²) in [6, 6.07) is 6.55. The number of nitro groups is 1. The molecule has 7 heteroatoms. The predicted octanol–water partition coefficient (Wildman–Crippen LogP) is 3.10. The fourth-order valence-corrected chi connectivity index (χ4v) is 2.50. The summed E-state index contributed by atoms with van der Waals surface area (Å²) in [6.07, 6.45) is 0. The van der Waals surface area contributed by atoms with Crippen LogP contribution in [0, 0.1) is 17.0 Å². The predicted molar refractivity (Wildman–Crippen MR) is 77.0 cm³/mol. The molecule has 0 bridgehead atoms. The molecule has 2 aromatic rings. The number of aryl methyl sites for hydroxylation is 1. The summed E-state index contributed by atoms with van der Waals surface area (Å²) in [5.74, 6) is -0.151. The normalized spacial score (nSPS) is 11.9. The minimum atomic E-state index is -0.498. The maximum Gasteiger partial charge on any atom is 0.290 e. The lowest BCUT2D eigenvalue weighted by molar-refractivity contribution is -0.385. The molecule has 1 amide bonds. The van der Waals surface area contributed by atoms with Crippen molar-refractivity contribution in [3.63, 3.8) is 0 Å². The van der Waals surface area contributed by atoms with Crippen LogP contribution in [0.5, 0.6) is 0 Å². The second-order valence-corrected chi connectivity index (χ2v) is 5.26. The van der Waals surface area contributed by atoms with Gasteiger partial charge in [-0.25, -0.2) is 4.98 Å². The highest BCUT2D eigenvalue weighted by molar-refractivity contribution is 7.10. The molecule has 104 valence electrons. The first kappa shape index (κ1) is 14.1. The molecule has 0 fully saturated rings. The third kappa shape index (κ3) is 3.00. The van der Waals surface area contributed by atoms with E-state index in [4.69, 9.17) is 0 Å². The minimum absolute atomic E-state index is 0.0608.